The van der Waals surface area contributed by atoms with Crippen molar-refractivity contribution in [3.63, 3.8) is 0 Å². The molecular formula is C112H225O5P. The van der Waals surface area contributed by atoms with Crippen molar-refractivity contribution in [2.45, 2.75) is 500 Å². The van der Waals surface area contributed by atoms with Crippen LogP contribution in [0.2, 0.25) is 0 Å². The van der Waals surface area contributed by atoms with Gasteiger partial charge in [-0.2, -0.15) is 0 Å². The third-order valence-corrected chi connectivity index (χ3v) is 18.0. The zero-order valence-electron chi connectivity index (χ0n) is 92.1. The van der Waals surface area contributed by atoms with Gasteiger partial charge in [0, 0.05) is 26.4 Å². The lowest BCUT2D eigenvalue weighted by Crippen LogP contribution is -2.19. The molecule has 0 aliphatic rings. The summed E-state index contributed by atoms with van der Waals surface area (Å²) in [5.41, 5.74) is 16.1. The number of allylic oxidation sites excluding steroid dienone is 13. The molecular weight excluding hydrogens is 1460 g/mol. The molecule has 0 aromatic carbocycles. The Morgan fingerprint density at radius 3 is 0.644 bits per heavy atom. The lowest BCUT2D eigenvalue weighted by molar-refractivity contribution is -0.00421. The number of unbranched alkanes of at least 4 members (excludes halogenated alkanes) is 2. The molecule has 0 radical (unpaired) electrons. The molecule has 0 saturated heterocycles. The van der Waals surface area contributed by atoms with E-state index in [0.29, 0.717) is 53.9 Å². The smallest absolute Gasteiger partial charge is 0.0674 e. The average Bonchev–Trinajstić information content (AvgIpc) is 0.931. The van der Waals surface area contributed by atoms with Crippen LogP contribution < -0.4 is 0 Å². The summed E-state index contributed by atoms with van der Waals surface area (Å²) >= 11 is 0. The van der Waals surface area contributed by atoms with Crippen molar-refractivity contribution < 1.29 is 23.7 Å². The maximum Gasteiger partial charge on any atom is 0.0674 e. The highest BCUT2D eigenvalue weighted by Gasteiger charge is 2.19. The monoisotopic (exact) mass is 1680 g/mol. The second-order valence-electron chi connectivity index (χ2n) is 53.2. The summed E-state index contributed by atoms with van der Waals surface area (Å²) in [6.45, 7) is 132. The van der Waals surface area contributed by atoms with Gasteiger partial charge in [0.25, 0.3) is 0 Å². The van der Waals surface area contributed by atoms with Crippen molar-refractivity contribution in [1.29, 1.82) is 0 Å². The highest BCUT2D eigenvalue weighted by Crippen LogP contribution is 2.34. The minimum absolute atomic E-state index is 0.00163. The lowest BCUT2D eigenvalue weighted by atomic mass is 9.88. The predicted molar refractivity (Wildman–Crippen MR) is 549 cm³/mol. The van der Waals surface area contributed by atoms with Crippen LogP contribution in [0.25, 0.3) is 0 Å². The minimum Gasteiger partial charge on any atom is -0.381 e. The Labute approximate surface area is 750 Å². The molecule has 6 heteroatoms. The Kier molecular flexibility index (Phi) is 68.7. The van der Waals surface area contributed by atoms with Crippen molar-refractivity contribution in [2.24, 2.45) is 70.4 Å². The van der Waals surface area contributed by atoms with Crippen LogP contribution >= 0.6 is 8.58 Å². The summed E-state index contributed by atoms with van der Waals surface area (Å²) in [4.78, 5) is 0. The van der Waals surface area contributed by atoms with Gasteiger partial charge in [-0.15, -0.1) is 8.58 Å². The molecule has 0 aromatic heterocycles. The standard InChI is InChI=1S/2C15H30.5C14H28O.C12H25P/c2*1-13(12-15(5,6)7)10-8-9-11-14(2,3)4;2*1-12(10-14(5,6)7)11-15-9-8-13(2,3)4;1-12(10-13(2,3)4)8-9-15-11-14(5,6)7;2*1-12(11-13(2,3)4)9-8-10-15-14(5,6)7;1-10(8-11(2,3)4)9-13-12(5,6)7/h2*12H,8-11H2,1-7H3;3*10H,8-9,11H2,1-7H3;2*11H,8-10H2,1-7H3;8,13H,9H2,1-7H3/b2*13-12-;3*12-10-;2*12-11-;10-8-. The number of rotatable bonds is 30. The normalized spacial score (nSPS) is 14.6. The largest absolute Gasteiger partial charge is 0.381 e. The van der Waals surface area contributed by atoms with Crippen molar-refractivity contribution in [2.75, 3.05) is 59.0 Å². The van der Waals surface area contributed by atoms with Gasteiger partial charge in [0.2, 0.25) is 0 Å². The number of hydrogen-bond acceptors (Lipinski definition) is 5. The molecule has 1 atom stereocenters. The van der Waals surface area contributed by atoms with Gasteiger partial charge in [0.05, 0.1) is 37.6 Å². The second-order valence-corrected chi connectivity index (χ2v) is 55.4. The quantitative estimate of drug-likeness (QED) is 0.0407. The van der Waals surface area contributed by atoms with E-state index >= 15 is 0 Å². The fourth-order valence-corrected chi connectivity index (χ4v) is 13.1. The van der Waals surface area contributed by atoms with E-state index in [1.807, 2.05) is 0 Å². The van der Waals surface area contributed by atoms with E-state index in [-0.39, 0.29) is 32.9 Å². The Bertz CT molecular complexity index is 2240. The van der Waals surface area contributed by atoms with Crippen LogP contribution in [0.4, 0.5) is 0 Å². The van der Waals surface area contributed by atoms with E-state index in [0.717, 1.165) is 106 Å². The molecule has 118 heavy (non-hydrogen) atoms. The Balaban J connectivity index is -0.000000195. The highest BCUT2D eigenvalue weighted by atomic mass is 31.1. The minimum atomic E-state index is 0.00163. The van der Waals surface area contributed by atoms with E-state index < -0.39 is 0 Å². The van der Waals surface area contributed by atoms with Gasteiger partial charge in [-0.05, 0) is 262 Å². The van der Waals surface area contributed by atoms with E-state index in [1.165, 1.54) is 85.4 Å². The molecule has 0 aliphatic heterocycles. The number of hydrogen-bond donors (Lipinski definition) is 0. The summed E-state index contributed by atoms with van der Waals surface area (Å²) in [6.07, 6.45) is 38.5. The van der Waals surface area contributed by atoms with Crippen molar-refractivity contribution in [3.8, 4) is 0 Å². The fraction of sp³-hybridized carbons (Fsp3) is 0.857. The molecule has 0 rings (SSSR count). The van der Waals surface area contributed by atoms with Crippen LogP contribution in [0.3, 0.4) is 0 Å². The fourth-order valence-electron chi connectivity index (χ4n) is 12.2. The van der Waals surface area contributed by atoms with E-state index in [9.17, 15) is 0 Å². The van der Waals surface area contributed by atoms with E-state index in [2.05, 4.69) is 436 Å². The molecule has 0 fully saturated rings. The van der Waals surface area contributed by atoms with E-state index in [4.69, 9.17) is 23.7 Å². The van der Waals surface area contributed by atoms with Crippen LogP contribution in [0.15, 0.2) is 93.2 Å². The van der Waals surface area contributed by atoms with Crippen LogP contribution in [-0.2, 0) is 23.7 Å². The first-order chi connectivity index (χ1) is 51.8. The van der Waals surface area contributed by atoms with Crippen molar-refractivity contribution in [3.05, 3.63) is 93.2 Å². The first-order valence-electron chi connectivity index (χ1n) is 47.0. The molecule has 708 valence electrons. The molecule has 0 N–H and O–H groups in total. The molecule has 0 heterocycles. The summed E-state index contributed by atoms with van der Waals surface area (Å²) in [7, 11) is 1.04. The topological polar surface area (TPSA) is 46.2 Å². The molecule has 0 spiro atoms. The molecule has 0 aliphatic carbocycles. The van der Waals surface area contributed by atoms with Crippen LogP contribution in [-0.4, -0.2) is 75.4 Å². The van der Waals surface area contributed by atoms with Gasteiger partial charge in [-0.1, -0.05) is 397 Å². The van der Waals surface area contributed by atoms with Gasteiger partial charge in [-0.25, -0.2) is 0 Å². The lowest BCUT2D eigenvalue weighted by Gasteiger charge is -2.20. The SMILES string of the molecule is C/C(=C/C(C)(C)C)CCCCC(C)(C)C.C/C(=C/C(C)(C)C)CCCCC(C)(C)C.C/C(=C/C(C)(C)C)CCCOC(C)(C)C.C/C(=C/C(C)(C)C)CCCOC(C)(C)C.C/C(=C/C(C)(C)C)CCOCC(C)(C)C.C/C(=C/C(C)(C)C)COCCC(C)(C)C.C/C(=C/C(C)(C)C)COCCC(C)(C)C.C/C(=C/C(C)(C)C)CPC(C)(C)C. The van der Waals surface area contributed by atoms with E-state index in [1.54, 1.807) is 16.7 Å². The van der Waals surface area contributed by atoms with Crippen molar-refractivity contribution >= 4 is 8.58 Å². The zero-order valence-corrected chi connectivity index (χ0v) is 93.1. The molecule has 0 aromatic rings. The summed E-state index contributed by atoms with van der Waals surface area (Å²) < 4.78 is 28.3. The summed E-state index contributed by atoms with van der Waals surface area (Å²) in [5.74, 6) is 0. The van der Waals surface area contributed by atoms with Gasteiger partial charge in [-0.3, -0.25) is 0 Å². The first-order valence-corrected chi connectivity index (χ1v) is 48.2. The molecule has 0 bridgehead atoms. The third kappa shape index (κ3) is 146. The zero-order chi connectivity index (χ0) is 95.5. The Morgan fingerprint density at radius 1 is 0.212 bits per heavy atom. The van der Waals surface area contributed by atoms with Crippen LogP contribution in [0.1, 0.15) is 484 Å². The average molecular weight is 1680 g/mol. The predicted octanol–water partition coefficient (Wildman–Crippen LogP) is 38.1. The van der Waals surface area contributed by atoms with Crippen molar-refractivity contribution in [1.82, 2.24) is 0 Å². The summed E-state index contributed by atoms with van der Waals surface area (Å²) in [5, 5.41) is 0.493. The summed E-state index contributed by atoms with van der Waals surface area (Å²) in [6, 6.07) is 0. The second kappa shape index (κ2) is 61.5. The molecule has 5 nitrogen and oxygen atoms in total. The first kappa shape index (κ1) is 132. The van der Waals surface area contributed by atoms with Gasteiger partial charge in [0.1, 0.15) is 0 Å². The highest BCUT2D eigenvalue weighted by molar-refractivity contribution is 7.40. The van der Waals surface area contributed by atoms with Crippen LogP contribution in [0, 0.1) is 70.4 Å². The van der Waals surface area contributed by atoms with Gasteiger partial charge >= 0.3 is 0 Å². The number of ether oxygens (including phenoxy) is 5. The Morgan fingerprint density at radius 2 is 0.432 bits per heavy atom. The van der Waals surface area contributed by atoms with Gasteiger partial charge in [0.15, 0.2) is 0 Å². The maximum atomic E-state index is 5.68. The van der Waals surface area contributed by atoms with Gasteiger partial charge < -0.3 is 23.7 Å². The molecule has 1 unspecified atom stereocenters. The molecule has 0 saturated carbocycles. The third-order valence-electron chi connectivity index (χ3n) is 16.2. The van der Waals surface area contributed by atoms with Crippen LogP contribution in [0.5, 0.6) is 0 Å². The molecule has 0 amide bonds. The maximum absolute atomic E-state index is 5.68. The Hall–Kier alpha value is -1.85.